The third kappa shape index (κ3) is 6.76. The highest BCUT2D eigenvalue weighted by Crippen LogP contribution is 2.27. The van der Waals surface area contributed by atoms with E-state index in [0.29, 0.717) is 11.5 Å². The van der Waals surface area contributed by atoms with Gasteiger partial charge in [0, 0.05) is 25.7 Å². The average Bonchev–Trinajstić information content (AvgIpc) is 2.61. The van der Waals surface area contributed by atoms with Crippen molar-refractivity contribution in [1.82, 2.24) is 15.1 Å². The van der Waals surface area contributed by atoms with Gasteiger partial charge in [0.05, 0.1) is 5.69 Å². The molecule has 2 atom stereocenters. The Morgan fingerprint density at radius 1 is 1.37 bits per heavy atom. The molecule has 1 rings (SSSR count). The van der Waals surface area contributed by atoms with Gasteiger partial charge in [0.2, 0.25) is 0 Å². The molecule has 1 aromatic heterocycles. The summed E-state index contributed by atoms with van der Waals surface area (Å²) in [5.74, 6) is 0.743. The Morgan fingerprint density at radius 3 is 2.53 bits per heavy atom. The third-order valence-corrected chi connectivity index (χ3v) is 3.36. The quantitative estimate of drug-likeness (QED) is 0.819. The van der Waals surface area contributed by atoms with Crippen molar-refractivity contribution in [2.45, 2.75) is 59.9 Å². The predicted octanol–water partition coefficient (Wildman–Crippen LogP) is 3.40. The standard InChI is InChI=1S/C16H31N3/c1-7-17-15(10-13(2)12-16(3,4)5)11-14-8-9-19(6)18-14/h8-9,13,15,17H,7,10-12H2,1-6H3. The van der Waals surface area contributed by atoms with Crippen LogP contribution < -0.4 is 5.32 Å². The molecule has 3 heteroatoms. The lowest BCUT2D eigenvalue weighted by Gasteiger charge is -2.27. The lowest BCUT2D eigenvalue weighted by molar-refractivity contribution is 0.274. The van der Waals surface area contributed by atoms with E-state index in [1.54, 1.807) is 0 Å². The van der Waals surface area contributed by atoms with E-state index >= 15 is 0 Å². The Morgan fingerprint density at radius 2 is 2.05 bits per heavy atom. The van der Waals surface area contributed by atoms with Gasteiger partial charge in [0.25, 0.3) is 0 Å². The van der Waals surface area contributed by atoms with Crippen molar-refractivity contribution < 1.29 is 0 Å². The van der Waals surface area contributed by atoms with E-state index in [-0.39, 0.29) is 0 Å². The second-order valence-corrected chi connectivity index (χ2v) is 7.05. The Hall–Kier alpha value is -0.830. The van der Waals surface area contributed by atoms with E-state index < -0.39 is 0 Å². The molecule has 1 heterocycles. The van der Waals surface area contributed by atoms with Crippen LogP contribution in [0.25, 0.3) is 0 Å². The van der Waals surface area contributed by atoms with Gasteiger partial charge in [-0.1, -0.05) is 34.6 Å². The number of hydrogen-bond donors (Lipinski definition) is 1. The van der Waals surface area contributed by atoms with Crippen molar-refractivity contribution in [3.05, 3.63) is 18.0 Å². The molecule has 0 amide bonds. The van der Waals surface area contributed by atoms with Crippen molar-refractivity contribution in [3.8, 4) is 0 Å². The smallest absolute Gasteiger partial charge is 0.0640 e. The van der Waals surface area contributed by atoms with E-state index in [1.807, 2.05) is 17.9 Å². The number of hydrogen-bond acceptors (Lipinski definition) is 2. The number of aryl methyl sites for hydroxylation is 1. The summed E-state index contributed by atoms with van der Waals surface area (Å²) >= 11 is 0. The highest BCUT2D eigenvalue weighted by Gasteiger charge is 2.19. The van der Waals surface area contributed by atoms with Gasteiger partial charge in [-0.2, -0.15) is 5.10 Å². The zero-order valence-corrected chi connectivity index (χ0v) is 13.5. The highest BCUT2D eigenvalue weighted by molar-refractivity contribution is 5.01. The largest absolute Gasteiger partial charge is 0.314 e. The number of nitrogens with zero attached hydrogens (tertiary/aromatic N) is 2. The van der Waals surface area contributed by atoms with Crippen molar-refractivity contribution >= 4 is 0 Å². The average molecular weight is 265 g/mol. The van der Waals surface area contributed by atoms with Crippen LogP contribution in [0.5, 0.6) is 0 Å². The van der Waals surface area contributed by atoms with Gasteiger partial charge in [0.1, 0.15) is 0 Å². The van der Waals surface area contributed by atoms with E-state index in [4.69, 9.17) is 0 Å². The van der Waals surface area contributed by atoms with Gasteiger partial charge in [-0.3, -0.25) is 4.68 Å². The maximum Gasteiger partial charge on any atom is 0.0640 e. The molecule has 0 spiro atoms. The highest BCUT2D eigenvalue weighted by atomic mass is 15.2. The van der Waals surface area contributed by atoms with Crippen LogP contribution in [-0.4, -0.2) is 22.4 Å². The molecular weight excluding hydrogens is 234 g/mol. The molecule has 0 aliphatic heterocycles. The molecule has 1 aromatic rings. The first-order valence-corrected chi connectivity index (χ1v) is 7.52. The second kappa shape index (κ2) is 7.09. The normalized spacial score (nSPS) is 15.5. The predicted molar refractivity (Wildman–Crippen MR) is 82.2 cm³/mol. The monoisotopic (exact) mass is 265 g/mol. The Balaban J connectivity index is 2.52. The SMILES string of the molecule is CCNC(Cc1ccn(C)n1)CC(C)CC(C)(C)C. The van der Waals surface area contributed by atoms with Crippen LogP contribution in [0.4, 0.5) is 0 Å². The van der Waals surface area contributed by atoms with Crippen molar-refractivity contribution in [3.63, 3.8) is 0 Å². The maximum absolute atomic E-state index is 4.49. The molecule has 0 fully saturated rings. The Kier molecular flexibility index (Phi) is 6.05. The summed E-state index contributed by atoms with van der Waals surface area (Å²) in [5.41, 5.74) is 1.61. The van der Waals surface area contributed by atoms with Gasteiger partial charge >= 0.3 is 0 Å². The summed E-state index contributed by atoms with van der Waals surface area (Å²) in [6, 6.07) is 2.66. The Bertz CT molecular complexity index is 362. The molecule has 0 bridgehead atoms. The fourth-order valence-electron chi connectivity index (χ4n) is 2.97. The molecule has 0 radical (unpaired) electrons. The van der Waals surface area contributed by atoms with Gasteiger partial charge in [-0.25, -0.2) is 0 Å². The van der Waals surface area contributed by atoms with Crippen LogP contribution in [0, 0.1) is 11.3 Å². The fourth-order valence-corrected chi connectivity index (χ4v) is 2.97. The number of nitrogens with one attached hydrogen (secondary N) is 1. The number of likely N-dealkylation sites (N-methyl/N-ethyl adjacent to an activating group) is 1. The first kappa shape index (κ1) is 16.2. The van der Waals surface area contributed by atoms with Crippen LogP contribution in [0.3, 0.4) is 0 Å². The number of aromatic nitrogens is 2. The molecule has 0 aromatic carbocycles. The summed E-state index contributed by atoms with van der Waals surface area (Å²) in [6.07, 6.45) is 5.55. The van der Waals surface area contributed by atoms with Gasteiger partial charge < -0.3 is 5.32 Å². The molecule has 0 aliphatic rings. The van der Waals surface area contributed by atoms with Gasteiger partial charge in [0.15, 0.2) is 0 Å². The first-order valence-electron chi connectivity index (χ1n) is 7.52. The molecule has 1 N–H and O–H groups in total. The summed E-state index contributed by atoms with van der Waals surface area (Å²) in [4.78, 5) is 0. The molecule has 110 valence electrons. The minimum absolute atomic E-state index is 0.418. The topological polar surface area (TPSA) is 29.9 Å². The first-order chi connectivity index (χ1) is 8.80. The molecular formula is C16H31N3. The molecule has 19 heavy (non-hydrogen) atoms. The third-order valence-electron chi connectivity index (χ3n) is 3.36. The maximum atomic E-state index is 4.49. The van der Waals surface area contributed by atoms with Crippen LogP contribution in [0.15, 0.2) is 12.3 Å². The van der Waals surface area contributed by atoms with Gasteiger partial charge in [-0.15, -0.1) is 0 Å². The van der Waals surface area contributed by atoms with E-state index in [9.17, 15) is 0 Å². The second-order valence-electron chi connectivity index (χ2n) is 7.05. The molecule has 2 unspecified atom stereocenters. The van der Waals surface area contributed by atoms with E-state index in [2.05, 4.69) is 51.1 Å². The minimum Gasteiger partial charge on any atom is -0.314 e. The lowest BCUT2D eigenvalue weighted by atomic mass is 9.82. The summed E-state index contributed by atoms with van der Waals surface area (Å²) in [7, 11) is 1.98. The summed E-state index contributed by atoms with van der Waals surface area (Å²) < 4.78 is 1.89. The fraction of sp³-hybridized carbons (Fsp3) is 0.812. The summed E-state index contributed by atoms with van der Waals surface area (Å²) in [5, 5.41) is 8.10. The van der Waals surface area contributed by atoms with Crippen LogP contribution in [0.2, 0.25) is 0 Å². The number of rotatable bonds is 7. The molecule has 3 nitrogen and oxygen atoms in total. The molecule has 0 saturated carbocycles. The lowest BCUT2D eigenvalue weighted by Crippen LogP contribution is -2.33. The van der Waals surface area contributed by atoms with Gasteiger partial charge in [-0.05, 0) is 36.8 Å². The Labute approximate surface area is 118 Å². The van der Waals surface area contributed by atoms with Crippen molar-refractivity contribution in [2.75, 3.05) is 6.54 Å². The van der Waals surface area contributed by atoms with Crippen LogP contribution in [-0.2, 0) is 13.5 Å². The van der Waals surface area contributed by atoms with Crippen LogP contribution in [0.1, 0.15) is 53.2 Å². The zero-order chi connectivity index (χ0) is 14.5. The zero-order valence-electron chi connectivity index (χ0n) is 13.5. The van der Waals surface area contributed by atoms with E-state index in [0.717, 1.165) is 18.9 Å². The van der Waals surface area contributed by atoms with Crippen molar-refractivity contribution in [1.29, 1.82) is 0 Å². The minimum atomic E-state index is 0.418. The van der Waals surface area contributed by atoms with E-state index in [1.165, 1.54) is 18.5 Å². The molecule has 0 saturated heterocycles. The van der Waals surface area contributed by atoms with Crippen molar-refractivity contribution in [2.24, 2.45) is 18.4 Å². The van der Waals surface area contributed by atoms with Crippen LogP contribution >= 0.6 is 0 Å². The molecule has 0 aliphatic carbocycles. The summed E-state index contributed by atoms with van der Waals surface area (Å²) in [6.45, 7) is 12.5.